The van der Waals surface area contributed by atoms with E-state index in [1.165, 1.54) is 36.4 Å². The first-order valence-corrected chi connectivity index (χ1v) is 16.8. The minimum atomic E-state index is -4.85. The Bertz CT molecular complexity index is 1810. The number of benzene rings is 4. The third-order valence-corrected chi connectivity index (χ3v) is 9.97. The second-order valence-electron chi connectivity index (χ2n) is 10.3. The molecular weight excluding hydrogens is 698 g/mol. The van der Waals surface area contributed by atoms with Gasteiger partial charge in [0.25, 0.3) is 10.0 Å². The van der Waals surface area contributed by atoms with E-state index in [-0.39, 0.29) is 45.0 Å². The smallest absolute Gasteiger partial charge is 0.355 e. The van der Waals surface area contributed by atoms with Gasteiger partial charge in [-0.25, -0.2) is 8.42 Å². The van der Waals surface area contributed by atoms with E-state index in [1.807, 2.05) is 0 Å². The highest BCUT2D eigenvalue weighted by atomic mass is 35.5. The predicted octanol–water partition coefficient (Wildman–Crippen LogP) is 7.64. The lowest BCUT2D eigenvalue weighted by atomic mass is 10.0. The van der Waals surface area contributed by atoms with Crippen LogP contribution >= 0.6 is 34.8 Å². The molecule has 0 radical (unpaired) electrons. The van der Waals surface area contributed by atoms with Crippen molar-refractivity contribution in [3.63, 3.8) is 0 Å². The quantitative estimate of drug-likeness (QED) is 0.163. The Morgan fingerprint density at radius 3 is 2.00 bits per heavy atom. The number of sulfonamides is 1. The molecule has 1 unspecified atom stereocenters. The van der Waals surface area contributed by atoms with Gasteiger partial charge < -0.3 is 10.2 Å². The molecule has 248 valence electrons. The van der Waals surface area contributed by atoms with Crippen LogP contribution in [0.2, 0.25) is 15.1 Å². The number of nitrogens with one attached hydrogen (secondary N) is 1. The zero-order chi connectivity index (χ0) is 34.4. The molecule has 0 saturated carbocycles. The van der Waals surface area contributed by atoms with Crippen molar-refractivity contribution < 1.29 is 31.2 Å². The molecule has 47 heavy (non-hydrogen) atoms. The molecule has 1 N–H and O–H groups in total. The Hall–Kier alpha value is -3.77. The molecular formula is C33H29Cl3F3N3O4S. The second-order valence-corrected chi connectivity index (χ2v) is 13.4. The summed E-state index contributed by atoms with van der Waals surface area (Å²) in [4.78, 5) is 28.9. The van der Waals surface area contributed by atoms with Crippen molar-refractivity contribution in [2.24, 2.45) is 0 Å². The van der Waals surface area contributed by atoms with Crippen LogP contribution in [-0.4, -0.2) is 44.3 Å². The maximum absolute atomic E-state index is 14.5. The van der Waals surface area contributed by atoms with Crippen molar-refractivity contribution in [2.75, 3.05) is 17.4 Å². The van der Waals surface area contributed by atoms with Crippen molar-refractivity contribution in [3.8, 4) is 0 Å². The fourth-order valence-corrected chi connectivity index (χ4v) is 7.05. The lowest BCUT2D eigenvalue weighted by Gasteiger charge is -2.34. The van der Waals surface area contributed by atoms with Crippen LogP contribution in [0.3, 0.4) is 0 Å². The molecule has 4 aromatic rings. The molecule has 0 fully saturated rings. The van der Waals surface area contributed by atoms with E-state index in [0.29, 0.717) is 22.0 Å². The van der Waals surface area contributed by atoms with Gasteiger partial charge in [-0.2, -0.15) is 13.2 Å². The van der Waals surface area contributed by atoms with E-state index in [1.54, 1.807) is 49.4 Å². The van der Waals surface area contributed by atoms with Gasteiger partial charge >= 0.3 is 6.18 Å². The Morgan fingerprint density at radius 1 is 0.830 bits per heavy atom. The van der Waals surface area contributed by atoms with Crippen LogP contribution in [0.15, 0.2) is 102 Å². The highest BCUT2D eigenvalue weighted by Crippen LogP contribution is 2.38. The van der Waals surface area contributed by atoms with E-state index in [0.717, 1.165) is 11.0 Å². The van der Waals surface area contributed by atoms with Crippen LogP contribution < -0.4 is 9.62 Å². The van der Waals surface area contributed by atoms with Crippen molar-refractivity contribution >= 4 is 62.3 Å². The Kier molecular flexibility index (Phi) is 11.8. The molecule has 0 aliphatic carbocycles. The topological polar surface area (TPSA) is 86.8 Å². The molecule has 0 aliphatic rings. The summed E-state index contributed by atoms with van der Waals surface area (Å²) in [5.74, 6) is -1.48. The van der Waals surface area contributed by atoms with Crippen LogP contribution in [0.4, 0.5) is 18.9 Å². The first-order chi connectivity index (χ1) is 22.2. The maximum Gasteiger partial charge on any atom is 0.416 e. The first kappa shape index (κ1) is 36.1. The van der Waals surface area contributed by atoms with Crippen LogP contribution in [0.25, 0.3) is 0 Å². The van der Waals surface area contributed by atoms with Gasteiger partial charge in [0.2, 0.25) is 11.8 Å². The van der Waals surface area contributed by atoms with E-state index in [2.05, 4.69) is 5.32 Å². The molecule has 0 bridgehead atoms. The molecule has 0 saturated heterocycles. The second kappa shape index (κ2) is 15.4. The summed E-state index contributed by atoms with van der Waals surface area (Å²) in [5.41, 5.74) is -0.795. The Labute approximate surface area is 285 Å². The summed E-state index contributed by atoms with van der Waals surface area (Å²) >= 11 is 19.3. The van der Waals surface area contributed by atoms with Gasteiger partial charge in [-0.1, -0.05) is 89.4 Å². The van der Waals surface area contributed by atoms with E-state index in [9.17, 15) is 31.2 Å². The summed E-state index contributed by atoms with van der Waals surface area (Å²) in [6, 6.07) is 21.3. The fourth-order valence-electron chi connectivity index (χ4n) is 4.81. The summed E-state index contributed by atoms with van der Waals surface area (Å²) in [7, 11) is -4.69. The number of carbonyl (C=O) groups is 2. The van der Waals surface area contributed by atoms with Crippen LogP contribution in [-0.2, 0) is 38.8 Å². The third-order valence-electron chi connectivity index (χ3n) is 7.16. The van der Waals surface area contributed by atoms with Gasteiger partial charge in [-0.3, -0.25) is 13.9 Å². The number of alkyl halides is 3. The van der Waals surface area contributed by atoms with Gasteiger partial charge in [0, 0.05) is 35.1 Å². The first-order valence-electron chi connectivity index (χ1n) is 14.2. The fraction of sp³-hybridized carbons (Fsp3) is 0.212. The molecule has 2 amide bonds. The number of halogens is 6. The average molecular weight is 727 g/mol. The third kappa shape index (κ3) is 8.78. The largest absolute Gasteiger partial charge is 0.416 e. The number of hydrogen-bond donors (Lipinski definition) is 1. The number of anilines is 1. The molecule has 7 nitrogen and oxygen atoms in total. The van der Waals surface area contributed by atoms with E-state index >= 15 is 0 Å². The van der Waals surface area contributed by atoms with Crippen molar-refractivity contribution in [1.82, 2.24) is 10.2 Å². The molecule has 0 aromatic heterocycles. The summed E-state index contributed by atoms with van der Waals surface area (Å²) in [6.45, 7) is 0.554. The Morgan fingerprint density at radius 2 is 1.43 bits per heavy atom. The number of nitrogens with zero attached hydrogens (tertiary/aromatic N) is 2. The Balaban J connectivity index is 1.89. The molecule has 14 heteroatoms. The number of carbonyl (C=O) groups excluding carboxylic acids is 2. The molecule has 4 aromatic carbocycles. The van der Waals surface area contributed by atoms with Crippen LogP contribution in [0, 0.1) is 0 Å². The van der Waals surface area contributed by atoms with Crippen LogP contribution in [0.1, 0.15) is 23.6 Å². The standard InChI is InChI=1S/C33H29Cl3F3N3O4S/c1-2-40-32(44)30(18-22-10-5-3-6-11-22)41(20-25-26(34)14-9-15-27(25)35)31(43)21-42(47(45,46)24-12-7-4-8-13-24)29-19-23(33(37,38)39)16-17-28(29)36/h3-17,19,30H,2,18,20-21H2,1H3,(H,40,44). The molecule has 1 atom stereocenters. The van der Waals surface area contributed by atoms with Gasteiger partial charge in [0.05, 0.1) is 21.2 Å². The normalized spacial score (nSPS) is 12.3. The monoisotopic (exact) mass is 725 g/mol. The van der Waals surface area contributed by atoms with Crippen LogP contribution in [0.5, 0.6) is 0 Å². The minimum Gasteiger partial charge on any atom is -0.355 e. The van der Waals surface area contributed by atoms with Gasteiger partial charge in [0.1, 0.15) is 12.6 Å². The van der Waals surface area contributed by atoms with Crippen molar-refractivity contribution in [1.29, 1.82) is 0 Å². The van der Waals surface area contributed by atoms with Crippen molar-refractivity contribution in [2.45, 2.75) is 37.0 Å². The highest BCUT2D eigenvalue weighted by Gasteiger charge is 2.37. The zero-order valence-electron chi connectivity index (χ0n) is 24.8. The van der Waals surface area contributed by atoms with E-state index < -0.39 is 51.9 Å². The number of amides is 2. The summed E-state index contributed by atoms with van der Waals surface area (Å²) in [5, 5.41) is 2.72. The van der Waals surface area contributed by atoms with E-state index in [4.69, 9.17) is 34.8 Å². The average Bonchev–Trinajstić information content (AvgIpc) is 3.03. The SMILES string of the molecule is CCNC(=O)C(Cc1ccccc1)N(Cc1c(Cl)cccc1Cl)C(=O)CN(c1cc(C(F)(F)F)ccc1Cl)S(=O)(=O)c1ccccc1. The lowest BCUT2D eigenvalue weighted by molar-refractivity contribution is -0.140. The number of likely N-dealkylation sites (N-methyl/N-ethyl adjacent to an activating group) is 1. The molecule has 0 heterocycles. The van der Waals surface area contributed by atoms with Crippen molar-refractivity contribution in [3.05, 3.63) is 129 Å². The number of rotatable bonds is 12. The van der Waals surface area contributed by atoms with Gasteiger partial charge in [0.15, 0.2) is 0 Å². The zero-order valence-corrected chi connectivity index (χ0v) is 27.9. The molecule has 0 aliphatic heterocycles. The van der Waals surface area contributed by atoms with Gasteiger partial charge in [-0.05, 0) is 55.0 Å². The predicted molar refractivity (Wildman–Crippen MR) is 177 cm³/mol. The maximum atomic E-state index is 14.5. The highest BCUT2D eigenvalue weighted by molar-refractivity contribution is 7.92. The molecule has 0 spiro atoms. The summed E-state index contributed by atoms with van der Waals surface area (Å²) in [6.07, 6.45) is -4.84. The number of hydrogen-bond acceptors (Lipinski definition) is 4. The minimum absolute atomic E-state index is 0.0102. The van der Waals surface area contributed by atoms with Gasteiger partial charge in [-0.15, -0.1) is 0 Å². The molecule has 4 rings (SSSR count). The lowest BCUT2D eigenvalue weighted by Crippen LogP contribution is -2.53. The summed E-state index contributed by atoms with van der Waals surface area (Å²) < 4.78 is 70.1.